The number of aliphatic hydroxyl groups excluding tert-OH is 1. The number of piperidine rings is 1. The number of hydrogen-bond acceptors (Lipinski definition) is 3. The van der Waals surface area contributed by atoms with Gasteiger partial charge in [0.05, 0.1) is 11.9 Å². The molecule has 0 bridgehead atoms. The third-order valence-corrected chi connectivity index (χ3v) is 4.16. The molecule has 1 saturated heterocycles. The number of nitrogens with zero attached hydrogens (tertiary/aromatic N) is 3. The molecule has 2 aromatic heterocycles. The van der Waals surface area contributed by atoms with Crippen LogP contribution in [0.1, 0.15) is 24.1 Å². The van der Waals surface area contributed by atoms with E-state index in [0.717, 1.165) is 38.1 Å². The van der Waals surface area contributed by atoms with Gasteiger partial charge in [0.2, 0.25) is 0 Å². The van der Waals surface area contributed by atoms with E-state index in [-0.39, 0.29) is 0 Å². The molecule has 0 aromatic carbocycles. The van der Waals surface area contributed by atoms with E-state index >= 15 is 0 Å². The molecule has 0 amide bonds. The number of hydrogen-bond donors (Lipinski definition) is 1. The second kappa shape index (κ2) is 5.31. The summed E-state index contributed by atoms with van der Waals surface area (Å²) >= 11 is 0. The summed E-state index contributed by atoms with van der Waals surface area (Å²) < 4.78 is 2.19. The Kier molecular flexibility index (Phi) is 3.53. The molecule has 19 heavy (non-hydrogen) atoms. The molecule has 4 heteroatoms. The van der Waals surface area contributed by atoms with Crippen molar-refractivity contribution in [3.63, 3.8) is 0 Å². The van der Waals surface area contributed by atoms with Crippen molar-refractivity contribution in [2.45, 2.75) is 26.3 Å². The van der Waals surface area contributed by atoms with Gasteiger partial charge in [-0.05, 0) is 50.4 Å². The quantitative estimate of drug-likeness (QED) is 0.914. The minimum atomic E-state index is 0.336. The summed E-state index contributed by atoms with van der Waals surface area (Å²) in [7, 11) is 0. The zero-order valence-electron chi connectivity index (χ0n) is 11.4. The summed E-state index contributed by atoms with van der Waals surface area (Å²) in [5.74, 6) is 0.501. The number of aryl methyl sites for hydroxylation is 1. The van der Waals surface area contributed by atoms with Crippen LogP contribution in [0.15, 0.2) is 24.5 Å². The van der Waals surface area contributed by atoms with Crippen molar-refractivity contribution < 1.29 is 5.11 Å². The molecule has 0 saturated carbocycles. The Bertz CT molecular complexity index is 556. The van der Waals surface area contributed by atoms with E-state index in [1.165, 1.54) is 11.3 Å². The third kappa shape index (κ3) is 2.51. The SMILES string of the molecule is Cc1cccn2c(CN3CCC(CO)CC3)cnc12. The molecule has 0 radical (unpaired) electrons. The molecule has 0 atom stereocenters. The van der Waals surface area contributed by atoms with Gasteiger partial charge in [-0.2, -0.15) is 0 Å². The molecule has 2 aromatic rings. The molecule has 1 N–H and O–H groups in total. The summed E-state index contributed by atoms with van der Waals surface area (Å²) in [6, 6.07) is 4.17. The average molecular weight is 259 g/mol. The van der Waals surface area contributed by atoms with Crippen LogP contribution in [-0.2, 0) is 6.54 Å². The highest BCUT2D eigenvalue weighted by molar-refractivity contribution is 5.48. The van der Waals surface area contributed by atoms with Crippen molar-refractivity contribution in [3.05, 3.63) is 35.8 Å². The number of likely N-dealkylation sites (tertiary alicyclic amines) is 1. The first-order valence-corrected chi connectivity index (χ1v) is 7.02. The normalized spacial score (nSPS) is 18.2. The maximum atomic E-state index is 9.17. The topological polar surface area (TPSA) is 40.8 Å². The predicted molar refractivity (Wildman–Crippen MR) is 75.0 cm³/mol. The lowest BCUT2D eigenvalue weighted by molar-refractivity contribution is 0.126. The Morgan fingerprint density at radius 1 is 1.37 bits per heavy atom. The van der Waals surface area contributed by atoms with Crippen molar-refractivity contribution in [1.29, 1.82) is 0 Å². The lowest BCUT2D eigenvalue weighted by Gasteiger charge is -2.30. The highest BCUT2D eigenvalue weighted by Crippen LogP contribution is 2.19. The lowest BCUT2D eigenvalue weighted by atomic mass is 9.98. The second-order valence-electron chi connectivity index (χ2n) is 5.54. The minimum absolute atomic E-state index is 0.336. The number of fused-ring (bicyclic) bond motifs is 1. The fourth-order valence-electron chi connectivity index (χ4n) is 2.88. The number of pyridine rings is 1. The van der Waals surface area contributed by atoms with E-state index in [0.29, 0.717) is 12.5 Å². The maximum Gasteiger partial charge on any atom is 0.139 e. The molecular formula is C15H21N3O. The van der Waals surface area contributed by atoms with Gasteiger partial charge >= 0.3 is 0 Å². The number of rotatable bonds is 3. The number of imidazole rings is 1. The fourth-order valence-corrected chi connectivity index (χ4v) is 2.88. The number of aliphatic hydroxyl groups is 1. The summed E-state index contributed by atoms with van der Waals surface area (Å²) in [5.41, 5.74) is 3.52. The molecule has 102 valence electrons. The molecule has 0 aliphatic carbocycles. The van der Waals surface area contributed by atoms with Crippen LogP contribution in [0.25, 0.3) is 5.65 Å². The van der Waals surface area contributed by atoms with Crippen molar-refractivity contribution >= 4 is 5.65 Å². The molecule has 1 aliphatic rings. The predicted octanol–water partition coefficient (Wildman–Crippen LogP) is 1.85. The first-order chi connectivity index (χ1) is 9.28. The van der Waals surface area contributed by atoms with E-state index in [4.69, 9.17) is 0 Å². The van der Waals surface area contributed by atoms with E-state index in [1.54, 1.807) is 0 Å². The van der Waals surface area contributed by atoms with E-state index in [9.17, 15) is 5.11 Å². The summed E-state index contributed by atoms with van der Waals surface area (Å²) in [5, 5.41) is 9.17. The van der Waals surface area contributed by atoms with Crippen molar-refractivity contribution in [2.24, 2.45) is 5.92 Å². The monoisotopic (exact) mass is 259 g/mol. The Labute approximate surface area is 113 Å². The van der Waals surface area contributed by atoms with E-state index in [1.807, 2.05) is 6.20 Å². The van der Waals surface area contributed by atoms with Crippen LogP contribution < -0.4 is 0 Å². The van der Waals surface area contributed by atoms with Gasteiger partial charge in [-0.25, -0.2) is 4.98 Å². The summed E-state index contributed by atoms with van der Waals surface area (Å²) in [6.45, 7) is 5.53. The Balaban J connectivity index is 1.74. The van der Waals surface area contributed by atoms with Gasteiger partial charge in [0.15, 0.2) is 0 Å². The fraction of sp³-hybridized carbons (Fsp3) is 0.533. The van der Waals surface area contributed by atoms with E-state index in [2.05, 4.69) is 39.5 Å². The van der Waals surface area contributed by atoms with Gasteiger partial charge in [0, 0.05) is 19.3 Å². The van der Waals surface area contributed by atoms with Crippen LogP contribution in [0.5, 0.6) is 0 Å². The van der Waals surface area contributed by atoms with Crippen LogP contribution in [0.4, 0.5) is 0 Å². The molecule has 1 aliphatic heterocycles. The Morgan fingerprint density at radius 2 is 2.16 bits per heavy atom. The van der Waals surface area contributed by atoms with Crippen LogP contribution in [0.3, 0.4) is 0 Å². The molecule has 3 rings (SSSR count). The van der Waals surface area contributed by atoms with Gasteiger partial charge in [-0.15, -0.1) is 0 Å². The first kappa shape index (κ1) is 12.6. The summed E-state index contributed by atoms with van der Waals surface area (Å²) in [6.07, 6.45) is 6.28. The zero-order valence-corrected chi connectivity index (χ0v) is 11.4. The zero-order chi connectivity index (χ0) is 13.2. The molecule has 3 heterocycles. The van der Waals surface area contributed by atoms with Gasteiger partial charge in [0.25, 0.3) is 0 Å². The van der Waals surface area contributed by atoms with Gasteiger partial charge in [-0.3, -0.25) is 4.90 Å². The molecule has 1 fully saturated rings. The van der Waals surface area contributed by atoms with Crippen molar-refractivity contribution in [1.82, 2.24) is 14.3 Å². The highest BCUT2D eigenvalue weighted by Gasteiger charge is 2.19. The van der Waals surface area contributed by atoms with E-state index < -0.39 is 0 Å². The largest absolute Gasteiger partial charge is 0.396 e. The molecule has 0 unspecified atom stereocenters. The standard InChI is InChI=1S/C15H21N3O/c1-12-3-2-6-18-14(9-16-15(12)18)10-17-7-4-13(11-19)5-8-17/h2-3,6,9,13,19H,4-5,7-8,10-11H2,1H3. The van der Waals surface area contributed by atoms with Crippen LogP contribution >= 0.6 is 0 Å². The van der Waals surface area contributed by atoms with Crippen LogP contribution in [0, 0.1) is 12.8 Å². The Morgan fingerprint density at radius 3 is 2.89 bits per heavy atom. The minimum Gasteiger partial charge on any atom is -0.396 e. The van der Waals surface area contributed by atoms with Gasteiger partial charge in [0.1, 0.15) is 5.65 Å². The molecule has 0 spiro atoms. The van der Waals surface area contributed by atoms with Crippen LogP contribution in [-0.4, -0.2) is 39.1 Å². The number of aromatic nitrogens is 2. The second-order valence-corrected chi connectivity index (χ2v) is 5.54. The van der Waals surface area contributed by atoms with Crippen LogP contribution in [0.2, 0.25) is 0 Å². The first-order valence-electron chi connectivity index (χ1n) is 7.02. The smallest absolute Gasteiger partial charge is 0.139 e. The Hall–Kier alpha value is -1.39. The highest BCUT2D eigenvalue weighted by atomic mass is 16.3. The molecule has 4 nitrogen and oxygen atoms in total. The average Bonchev–Trinajstić information content (AvgIpc) is 2.84. The van der Waals surface area contributed by atoms with Crippen molar-refractivity contribution in [2.75, 3.05) is 19.7 Å². The third-order valence-electron chi connectivity index (χ3n) is 4.16. The van der Waals surface area contributed by atoms with Gasteiger partial charge < -0.3 is 9.51 Å². The van der Waals surface area contributed by atoms with Gasteiger partial charge in [-0.1, -0.05) is 6.07 Å². The maximum absolute atomic E-state index is 9.17. The lowest BCUT2D eigenvalue weighted by Crippen LogP contribution is -2.34. The molecular weight excluding hydrogens is 238 g/mol. The summed E-state index contributed by atoms with van der Waals surface area (Å²) in [4.78, 5) is 6.97. The van der Waals surface area contributed by atoms with Crippen molar-refractivity contribution in [3.8, 4) is 0 Å².